The highest BCUT2D eigenvalue weighted by Gasteiger charge is 2.39. The van der Waals surface area contributed by atoms with Gasteiger partial charge in [-0.2, -0.15) is 0 Å². The topological polar surface area (TPSA) is 121 Å². The lowest BCUT2D eigenvalue weighted by atomic mass is 9.80. The highest BCUT2D eigenvalue weighted by Crippen LogP contribution is 2.42. The van der Waals surface area contributed by atoms with Crippen LogP contribution in [0.25, 0.3) is 11.2 Å². The molecule has 0 spiro atoms. The molecule has 7 rings (SSSR count). The second kappa shape index (κ2) is 12.9. The number of hydrogen-bond acceptors (Lipinski definition) is 8. The monoisotopic (exact) mass is 625 g/mol. The van der Waals surface area contributed by atoms with E-state index in [0.29, 0.717) is 22.5 Å². The third kappa shape index (κ3) is 5.71. The van der Waals surface area contributed by atoms with E-state index in [0.717, 1.165) is 22.4 Å². The van der Waals surface area contributed by atoms with Gasteiger partial charge in [0.2, 0.25) is 6.23 Å². The van der Waals surface area contributed by atoms with Crippen LogP contribution in [0.4, 0.5) is 5.82 Å². The summed E-state index contributed by atoms with van der Waals surface area (Å²) >= 11 is 0. The SMILES string of the molecule is COc1ccc(C(OCC2=C[C@@H](O)[C@H](n3cnc4c(NC(=O)c5ccccc5)ncnc43)O2)(c2ccccc2)c2ccccc2)cc1. The second-order valence-corrected chi connectivity index (χ2v) is 10.9. The van der Waals surface area contributed by atoms with Crippen molar-refractivity contribution in [2.45, 2.75) is 17.9 Å². The van der Waals surface area contributed by atoms with Gasteiger partial charge in [-0.1, -0.05) is 91.0 Å². The lowest BCUT2D eigenvalue weighted by Gasteiger charge is -2.36. The molecule has 0 unspecified atom stereocenters. The van der Waals surface area contributed by atoms with Crippen molar-refractivity contribution in [2.75, 3.05) is 19.0 Å². The van der Waals surface area contributed by atoms with Crippen molar-refractivity contribution >= 4 is 22.9 Å². The van der Waals surface area contributed by atoms with Gasteiger partial charge in [-0.05, 0) is 47.0 Å². The maximum absolute atomic E-state index is 12.8. The Morgan fingerprint density at radius 2 is 1.47 bits per heavy atom. The van der Waals surface area contributed by atoms with E-state index >= 15 is 0 Å². The molecule has 0 bridgehead atoms. The Morgan fingerprint density at radius 3 is 2.11 bits per heavy atom. The summed E-state index contributed by atoms with van der Waals surface area (Å²) in [5, 5.41) is 14.0. The minimum Gasteiger partial charge on any atom is -0.497 e. The Hall–Kier alpha value is -5.84. The summed E-state index contributed by atoms with van der Waals surface area (Å²) < 4.78 is 20.3. The first-order valence-corrected chi connectivity index (χ1v) is 15.1. The first-order valence-electron chi connectivity index (χ1n) is 15.1. The number of hydrogen-bond donors (Lipinski definition) is 2. The smallest absolute Gasteiger partial charge is 0.256 e. The van der Waals surface area contributed by atoms with Crippen LogP contribution in [0.1, 0.15) is 33.3 Å². The van der Waals surface area contributed by atoms with Crippen LogP contribution in [0.5, 0.6) is 5.75 Å². The normalized spacial score (nSPS) is 16.0. The molecule has 3 heterocycles. The van der Waals surface area contributed by atoms with Gasteiger partial charge in [0.15, 0.2) is 17.0 Å². The van der Waals surface area contributed by atoms with Crippen LogP contribution >= 0.6 is 0 Å². The standard InChI is InChI=1S/C37H31N5O5/c1-45-29-19-17-28(18-20-29)37(26-13-7-3-8-14-26,27-15-9-4-10-16-27)46-22-30-21-31(43)36(47-30)42-24-40-32-33(38-23-39-34(32)42)41-35(44)25-11-5-2-6-12-25/h2-21,23-24,31,36,43H,22H2,1H3,(H,38,39,41,44)/t31-,36-/m1/s1. The number of carbonyl (C=O) groups excluding carboxylic acids is 1. The molecule has 6 aromatic rings. The number of nitrogens with zero attached hydrogens (tertiary/aromatic N) is 4. The third-order valence-corrected chi connectivity index (χ3v) is 8.11. The molecule has 0 aliphatic carbocycles. The van der Waals surface area contributed by atoms with E-state index in [1.165, 1.54) is 12.7 Å². The van der Waals surface area contributed by atoms with Crippen LogP contribution in [-0.4, -0.2) is 50.4 Å². The van der Waals surface area contributed by atoms with Crippen LogP contribution in [0.15, 0.2) is 140 Å². The number of aliphatic hydroxyl groups is 1. The quantitative estimate of drug-likeness (QED) is 0.182. The van der Waals surface area contributed by atoms with Gasteiger partial charge in [0.05, 0.1) is 7.11 Å². The number of ether oxygens (including phenoxy) is 3. The molecule has 0 saturated heterocycles. The molecule has 1 amide bonds. The number of imidazole rings is 1. The van der Waals surface area contributed by atoms with Crippen molar-refractivity contribution in [1.29, 1.82) is 0 Å². The number of anilines is 1. The Labute approximate surface area is 270 Å². The minimum atomic E-state index is -1.02. The van der Waals surface area contributed by atoms with E-state index < -0.39 is 17.9 Å². The number of aromatic nitrogens is 4. The molecular formula is C37H31N5O5. The fourth-order valence-electron chi connectivity index (χ4n) is 5.84. The molecule has 1 aliphatic rings. The molecule has 0 radical (unpaired) electrons. The number of amides is 1. The summed E-state index contributed by atoms with van der Waals surface area (Å²) in [6.07, 6.45) is 2.59. The molecule has 0 fully saturated rings. The Kier molecular flexibility index (Phi) is 8.18. The van der Waals surface area contributed by atoms with Gasteiger partial charge >= 0.3 is 0 Å². The molecular weight excluding hydrogens is 594 g/mol. The summed E-state index contributed by atoms with van der Waals surface area (Å²) in [5.41, 5.74) is 2.98. The zero-order valence-electron chi connectivity index (χ0n) is 25.4. The molecule has 4 aromatic carbocycles. The average molecular weight is 626 g/mol. The van der Waals surface area contributed by atoms with Gasteiger partial charge in [-0.3, -0.25) is 9.36 Å². The Balaban J connectivity index is 1.17. The average Bonchev–Trinajstić information content (AvgIpc) is 3.73. The minimum absolute atomic E-state index is 0.0450. The molecule has 2 atom stereocenters. The number of rotatable bonds is 10. The lowest BCUT2D eigenvalue weighted by molar-refractivity contribution is -0.0338. The van der Waals surface area contributed by atoms with E-state index in [2.05, 4.69) is 20.3 Å². The second-order valence-electron chi connectivity index (χ2n) is 10.9. The van der Waals surface area contributed by atoms with Crippen molar-refractivity contribution in [3.05, 3.63) is 162 Å². The predicted molar refractivity (Wildman–Crippen MR) is 176 cm³/mol. The molecule has 10 nitrogen and oxygen atoms in total. The first kappa shape index (κ1) is 29.8. The summed E-state index contributed by atoms with van der Waals surface area (Å²) in [5.74, 6) is 1.11. The Morgan fingerprint density at radius 1 is 0.851 bits per heavy atom. The van der Waals surface area contributed by atoms with E-state index in [4.69, 9.17) is 14.2 Å². The summed E-state index contributed by atoms with van der Waals surface area (Å²) in [7, 11) is 1.63. The van der Waals surface area contributed by atoms with Crippen molar-refractivity contribution in [1.82, 2.24) is 19.5 Å². The van der Waals surface area contributed by atoms with Gasteiger partial charge in [-0.25, -0.2) is 15.0 Å². The van der Waals surface area contributed by atoms with Crippen LogP contribution in [0.3, 0.4) is 0 Å². The van der Waals surface area contributed by atoms with E-state index in [9.17, 15) is 9.90 Å². The van der Waals surface area contributed by atoms with Gasteiger partial charge in [0, 0.05) is 5.56 Å². The first-order chi connectivity index (χ1) is 23.1. The fraction of sp³-hybridized carbons (Fsp3) is 0.135. The van der Waals surface area contributed by atoms with Crippen LogP contribution in [0.2, 0.25) is 0 Å². The number of nitrogens with one attached hydrogen (secondary N) is 1. The molecule has 234 valence electrons. The van der Waals surface area contributed by atoms with Gasteiger partial charge < -0.3 is 24.6 Å². The zero-order chi connectivity index (χ0) is 32.2. The molecule has 10 heteroatoms. The van der Waals surface area contributed by atoms with E-state index in [1.807, 2.05) is 91.0 Å². The van der Waals surface area contributed by atoms with Gasteiger partial charge in [-0.15, -0.1) is 0 Å². The van der Waals surface area contributed by atoms with Crippen LogP contribution < -0.4 is 10.1 Å². The maximum Gasteiger partial charge on any atom is 0.256 e. The zero-order valence-corrected chi connectivity index (χ0v) is 25.4. The lowest BCUT2D eigenvalue weighted by Crippen LogP contribution is -2.33. The number of methoxy groups -OCH3 is 1. The van der Waals surface area contributed by atoms with Crippen molar-refractivity contribution in [3.8, 4) is 5.75 Å². The van der Waals surface area contributed by atoms with Gasteiger partial charge in [0.25, 0.3) is 5.91 Å². The number of fused-ring (bicyclic) bond motifs is 1. The summed E-state index contributed by atoms with van der Waals surface area (Å²) in [6.45, 7) is 0.0450. The highest BCUT2D eigenvalue weighted by molar-refractivity contribution is 6.06. The number of benzene rings is 4. The van der Waals surface area contributed by atoms with Crippen molar-refractivity contribution in [2.24, 2.45) is 0 Å². The predicted octanol–water partition coefficient (Wildman–Crippen LogP) is 5.87. The van der Waals surface area contributed by atoms with Crippen LogP contribution in [0, 0.1) is 0 Å². The largest absolute Gasteiger partial charge is 0.497 e. The number of aliphatic hydroxyl groups excluding tert-OH is 1. The van der Waals surface area contributed by atoms with E-state index in [-0.39, 0.29) is 18.3 Å². The summed E-state index contributed by atoms with van der Waals surface area (Å²) in [6, 6.07) is 36.6. The molecule has 1 aliphatic heterocycles. The van der Waals surface area contributed by atoms with E-state index in [1.54, 1.807) is 42.0 Å². The van der Waals surface area contributed by atoms with Crippen molar-refractivity contribution < 1.29 is 24.1 Å². The van der Waals surface area contributed by atoms with Crippen LogP contribution in [-0.2, 0) is 15.1 Å². The molecule has 0 saturated carbocycles. The summed E-state index contributed by atoms with van der Waals surface area (Å²) in [4.78, 5) is 25.9. The Bertz CT molecular complexity index is 1980. The molecule has 47 heavy (non-hydrogen) atoms. The highest BCUT2D eigenvalue weighted by atomic mass is 16.6. The van der Waals surface area contributed by atoms with Gasteiger partial charge in [0.1, 0.15) is 42.5 Å². The number of carbonyl (C=O) groups is 1. The fourth-order valence-corrected chi connectivity index (χ4v) is 5.84. The molecule has 2 N–H and O–H groups in total. The third-order valence-electron chi connectivity index (χ3n) is 8.11. The molecule has 2 aromatic heterocycles. The van der Waals surface area contributed by atoms with Crippen molar-refractivity contribution in [3.63, 3.8) is 0 Å². The maximum atomic E-state index is 12.8.